The van der Waals surface area contributed by atoms with Crippen molar-refractivity contribution in [2.45, 2.75) is 19.9 Å². The second-order valence-corrected chi connectivity index (χ2v) is 4.32. The molecule has 1 aromatic rings. The predicted molar refractivity (Wildman–Crippen MR) is 74.7 cm³/mol. The van der Waals surface area contributed by atoms with Crippen LogP contribution in [0.3, 0.4) is 0 Å². The molecular weight excluding hydrogens is 246 g/mol. The molecule has 5 nitrogen and oxygen atoms in total. The minimum Gasteiger partial charge on any atom is -0.493 e. The van der Waals surface area contributed by atoms with Crippen LogP contribution in [0.2, 0.25) is 0 Å². The summed E-state index contributed by atoms with van der Waals surface area (Å²) < 4.78 is 21.4. The van der Waals surface area contributed by atoms with Crippen molar-refractivity contribution in [1.29, 1.82) is 0 Å². The molecule has 0 fully saturated rings. The summed E-state index contributed by atoms with van der Waals surface area (Å²) in [7, 11) is 4.75. The van der Waals surface area contributed by atoms with Crippen molar-refractivity contribution < 1.29 is 18.9 Å². The molecule has 0 radical (unpaired) electrons. The zero-order valence-corrected chi connectivity index (χ0v) is 12.3. The van der Waals surface area contributed by atoms with Gasteiger partial charge in [-0.05, 0) is 0 Å². The lowest BCUT2D eigenvalue weighted by molar-refractivity contribution is 0.294. The second kappa shape index (κ2) is 7.74. The first-order chi connectivity index (χ1) is 9.12. The third-order valence-electron chi connectivity index (χ3n) is 2.56. The molecule has 0 aromatic heterocycles. The first kappa shape index (κ1) is 15.4. The topological polar surface area (TPSA) is 49.0 Å². The van der Waals surface area contributed by atoms with Gasteiger partial charge in [-0.3, -0.25) is 0 Å². The van der Waals surface area contributed by atoms with Crippen LogP contribution >= 0.6 is 0 Å². The highest BCUT2D eigenvalue weighted by molar-refractivity contribution is 5.55. The lowest BCUT2D eigenvalue weighted by atomic mass is 10.2. The molecule has 1 aromatic carbocycles. The van der Waals surface area contributed by atoms with E-state index < -0.39 is 0 Å². The molecule has 0 aliphatic rings. The zero-order chi connectivity index (χ0) is 14.3. The highest BCUT2D eigenvalue weighted by atomic mass is 16.5. The highest BCUT2D eigenvalue weighted by Gasteiger charge is 2.13. The van der Waals surface area contributed by atoms with Crippen LogP contribution in [-0.2, 0) is 0 Å². The van der Waals surface area contributed by atoms with Crippen LogP contribution in [-0.4, -0.2) is 40.5 Å². The number of methoxy groups -OCH3 is 3. The van der Waals surface area contributed by atoms with E-state index in [1.165, 1.54) is 0 Å². The van der Waals surface area contributed by atoms with Crippen molar-refractivity contribution in [3.8, 4) is 23.0 Å². The Kier molecular flexibility index (Phi) is 6.29. The zero-order valence-electron chi connectivity index (χ0n) is 12.3. The molecule has 108 valence electrons. The molecule has 0 unspecified atom stereocenters. The van der Waals surface area contributed by atoms with Crippen LogP contribution in [0.4, 0.5) is 0 Å². The predicted octanol–water partition coefficient (Wildman–Crippen LogP) is 2.09. The average Bonchev–Trinajstić information content (AvgIpc) is 2.42. The van der Waals surface area contributed by atoms with Gasteiger partial charge in [-0.25, -0.2) is 0 Å². The Morgan fingerprint density at radius 3 is 2.00 bits per heavy atom. The summed E-state index contributed by atoms with van der Waals surface area (Å²) in [5.41, 5.74) is 0. The number of rotatable bonds is 8. The largest absolute Gasteiger partial charge is 0.493 e. The summed E-state index contributed by atoms with van der Waals surface area (Å²) >= 11 is 0. The summed E-state index contributed by atoms with van der Waals surface area (Å²) in [5.74, 6) is 2.44. The van der Waals surface area contributed by atoms with Gasteiger partial charge in [-0.2, -0.15) is 0 Å². The van der Waals surface area contributed by atoms with Gasteiger partial charge in [0.25, 0.3) is 0 Å². The molecule has 0 saturated carbocycles. The summed E-state index contributed by atoms with van der Waals surface area (Å²) in [6.45, 7) is 5.56. The number of hydrogen-bond acceptors (Lipinski definition) is 5. The van der Waals surface area contributed by atoms with Crippen LogP contribution in [0.15, 0.2) is 12.1 Å². The fourth-order valence-electron chi connectivity index (χ4n) is 1.66. The second-order valence-electron chi connectivity index (χ2n) is 4.32. The van der Waals surface area contributed by atoms with Crippen LogP contribution in [0.5, 0.6) is 23.0 Å². The van der Waals surface area contributed by atoms with E-state index >= 15 is 0 Å². The summed E-state index contributed by atoms with van der Waals surface area (Å²) in [6, 6.07) is 4.02. The molecule has 0 bridgehead atoms. The van der Waals surface area contributed by atoms with Crippen LogP contribution in [0.1, 0.15) is 13.8 Å². The monoisotopic (exact) mass is 269 g/mol. The molecule has 0 spiro atoms. The van der Waals surface area contributed by atoms with Gasteiger partial charge < -0.3 is 24.3 Å². The summed E-state index contributed by atoms with van der Waals surface area (Å²) in [5, 5.41) is 3.28. The number of benzene rings is 1. The molecule has 1 N–H and O–H groups in total. The van der Waals surface area contributed by atoms with Crippen molar-refractivity contribution in [3.05, 3.63) is 12.1 Å². The lowest BCUT2D eigenvalue weighted by Crippen LogP contribution is -2.27. The molecule has 0 aliphatic heterocycles. The van der Waals surface area contributed by atoms with Crippen molar-refractivity contribution in [2.24, 2.45) is 0 Å². The normalized spacial score (nSPS) is 10.4. The molecule has 5 heteroatoms. The van der Waals surface area contributed by atoms with E-state index in [0.29, 0.717) is 35.6 Å². The van der Waals surface area contributed by atoms with E-state index in [4.69, 9.17) is 18.9 Å². The molecule has 0 heterocycles. The van der Waals surface area contributed by atoms with Gasteiger partial charge >= 0.3 is 0 Å². The number of ether oxygens (including phenoxy) is 4. The smallest absolute Gasteiger partial charge is 0.203 e. The molecule has 1 rings (SSSR count). The van der Waals surface area contributed by atoms with Crippen LogP contribution < -0.4 is 24.3 Å². The van der Waals surface area contributed by atoms with Gasteiger partial charge in [0.15, 0.2) is 11.5 Å². The molecule has 0 saturated heterocycles. The van der Waals surface area contributed by atoms with Gasteiger partial charge in [0, 0.05) is 24.7 Å². The minimum atomic E-state index is 0.448. The Morgan fingerprint density at radius 1 is 1.00 bits per heavy atom. The Hall–Kier alpha value is -1.62. The Bertz CT molecular complexity index is 368. The first-order valence-corrected chi connectivity index (χ1v) is 6.28. The fourth-order valence-corrected chi connectivity index (χ4v) is 1.66. The maximum Gasteiger partial charge on any atom is 0.203 e. The van der Waals surface area contributed by atoms with Gasteiger partial charge in [-0.15, -0.1) is 0 Å². The fraction of sp³-hybridized carbons (Fsp3) is 0.571. The molecule has 0 amide bonds. The van der Waals surface area contributed by atoms with Crippen molar-refractivity contribution in [2.75, 3.05) is 34.5 Å². The third-order valence-corrected chi connectivity index (χ3v) is 2.56. The first-order valence-electron chi connectivity index (χ1n) is 6.28. The Labute approximate surface area is 114 Å². The maximum atomic E-state index is 5.66. The minimum absolute atomic E-state index is 0.448. The Morgan fingerprint density at radius 2 is 1.58 bits per heavy atom. The van der Waals surface area contributed by atoms with Crippen LogP contribution in [0, 0.1) is 0 Å². The van der Waals surface area contributed by atoms with Crippen LogP contribution in [0.25, 0.3) is 0 Å². The summed E-state index contributed by atoms with van der Waals surface area (Å²) in [4.78, 5) is 0. The third kappa shape index (κ3) is 4.52. The number of nitrogens with one attached hydrogen (secondary N) is 1. The molecule has 0 aliphatic carbocycles. The van der Waals surface area contributed by atoms with Crippen molar-refractivity contribution in [3.63, 3.8) is 0 Å². The number of hydrogen-bond donors (Lipinski definition) is 1. The van der Waals surface area contributed by atoms with Crippen molar-refractivity contribution >= 4 is 0 Å². The highest BCUT2D eigenvalue weighted by Crippen LogP contribution is 2.40. The van der Waals surface area contributed by atoms with E-state index in [0.717, 1.165) is 6.54 Å². The lowest BCUT2D eigenvalue weighted by Gasteiger charge is -2.15. The van der Waals surface area contributed by atoms with E-state index in [1.54, 1.807) is 33.5 Å². The molecule has 19 heavy (non-hydrogen) atoms. The molecule has 0 atom stereocenters. The molecular formula is C14H23NO4. The van der Waals surface area contributed by atoms with Gasteiger partial charge in [0.2, 0.25) is 5.75 Å². The summed E-state index contributed by atoms with van der Waals surface area (Å²) in [6.07, 6.45) is 0. The van der Waals surface area contributed by atoms with Gasteiger partial charge in [-0.1, -0.05) is 13.8 Å². The van der Waals surface area contributed by atoms with Gasteiger partial charge in [0.1, 0.15) is 12.4 Å². The van der Waals surface area contributed by atoms with Crippen molar-refractivity contribution in [1.82, 2.24) is 5.32 Å². The Balaban J connectivity index is 2.73. The SMILES string of the molecule is COc1cc(OCCNC(C)C)cc(OC)c1OC. The maximum absolute atomic E-state index is 5.66. The van der Waals surface area contributed by atoms with E-state index in [1.807, 2.05) is 0 Å². The van der Waals surface area contributed by atoms with E-state index in [-0.39, 0.29) is 0 Å². The van der Waals surface area contributed by atoms with Gasteiger partial charge in [0.05, 0.1) is 21.3 Å². The average molecular weight is 269 g/mol. The van der Waals surface area contributed by atoms with E-state index in [2.05, 4.69) is 19.2 Å². The van der Waals surface area contributed by atoms with E-state index in [9.17, 15) is 0 Å². The quantitative estimate of drug-likeness (QED) is 0.732. The standard InChI is InChI=1S/C14H23NO4/c1-10(2)15-6-7-19-11-8-12(16-3)14(18-5)13(9-11)17-4/h8-10,15H,6-7H2,1-5H3.